The van der Waals surface area contributed by atoms with Crippen molar-refractivity contribution in [3.63, 3.8) is 0 Å². The van der Waals surface area contributed by atoms with Crippen molar-refractivity contribution in [2.24, 2.45) is 0 Å². The summed E-state index contributed by atoms with van der Waals surface area (Å²) in [5.41, 5.74) is 1.79. The molecule has 0 aliphatic rings. The van der Waals surface area contributed by atoms with Gasteiger partial charge in [-0.2, -0.15) is 0 Å². The molecule has 0 aliphatic heterocycles. The number of carbonyl (C=O) groups is 1. The quantitative estimate of drug-likeness (QED) is 0.610. The number of rotatable bonds is 3. The average Bonchev–Trinajstić information content (AvgIpc) is 2.40. The van der Waals surface area contributed by atoms with Crippen molar-refractivity contribution in [1.29, 1.82) is 0 Å². The minimum atomic E-state index is -0.940. The molecular formula is C15H10Br2O2. The molecule has 2 aromatic rings. The molecule has 0 spiro atoms. The molecule has 0 radical (unpaired) electrons. The lowest BCUT2D eigenvalue weighted by Gasteiger charge is -2.04. The molecule has 0 unspecified atom stereocenters. The van der Waals surface area contributed by atoms with Gasteiger partial charge in [-0.3, -0.25) is 0 Å². The second-order valence-corrected chi connectivity index (χ2v) is 5.61. The minimum absolute atomic E-state index is 0.273. The maximum absolute atomic E-state index is 11.4. The average molecular weight is 382 g/mol. The number of carboxylic acids is 1. The van der Waals surface area contributed by atoms with Crippen molar-refractivity contribution in [2.45, 2.75) is 0 Å². The van der Waals surface area contributed by atoms with E-state index in [0.717, 1.165) is 14.5 Å². The number of halogens is 2. The Labute approximate surface area is 128 Å². The highest BCUT2D eigenvalue weighted by molar-refractivity contribution is 9.13. The zero-order valence-electron chi connectivity index (χ0n) is 9.81. The number of carboxylic acid groups (broad SMARTS) is 1. The summed E-state index contributed by atoms with van der Waals surface area (Å²) in [4.78, 5) is 11.4. The van der Waals surface area contributed by atoms with Gasteiger partial charge in [0.2, 0.25) is 0 Å². The van der Waals surface area contributed by atoms with Crippen molar-refractivity contribution in [1.82, 2.24) is 0 Å². The van der Waals surface area contributed by atoms with Gasteiger partial charge in [0, 0.05) is 8.95 Å². The fourth-order valence-electron chi connectivity index (χ4n) is 1.66. The van der Waals surface area contributed by atoms with Crippen molar-refractivity contribution < 1.29 is 9.90 Å². The van der Waals surface area contributed by atoms with Gasteiger partial charge in [0.1, 0.15) is 0 Å². The summed E-state index contributed by atoms with van der Waals surface area (Å²) >= 11 is 6.79. The first-order valence-electron chi connectivity index (χ1n) is 5.53. The van der Waals surface area contributed by atoms with Gasteiger partial charge < -0.3 is 5.11 Å². The van der Waals surface area contributed by atoms with Gasteiger partial charge in [0.15, 0.2) is 0 Å². The predicted octanol–water partition coefficient (Wildman–Crippen LogP) is 4.84. The molecule has 19 heavy (non-hydrogen) atoms. The number of benzene rings is 2. The van der Waals surface area contributed by atoms with Crippen LogP contribution in [0.5, 0.6) is 0 Å². The Morgan fingerprint density at radius 3 is 2.26 bits per heavy atom. The van der Waals surface area contributed by atoms with E-state index in [0.29, 0.717) is 5.56 Å². The second-order valence-electron chi connectivity index (χ2n) is 3.90. The standard InChI is InChI=1S/C15H10Br2O2/c16-13-7-6-10(9-14(13)17)8-12(15(18)19)11-4-2-1-3-5-11/h1-9H,(H,18,19)/b12-8+. The van der Waals surface area contributed by atoms with Crippen LogP contribution in [0.1, 0.15) is 11.1 Å². The summed E-state index contributed by atoms with van der Waals surface area (Å²) in [5, 5.41) is 9.32. The molecule has 2 nitrogen and oxygen atoms in total. The summed E-state index contributed by atoms with van der Waals surface area (Å²) in [6.07, 6.45) is 1.66. The first-order valence-corrected chi connectivity index (χ1v) is 7.12. The van der Waals surface area contributed by atoms with Gasteiger partial charge in [-0.1, -0.05) is 36.4 Å². The van der Waals surface area contributed by atoms with Crippen LogP contribution in [-0.2, 0) is 4.79 Å². The molecule has 0 saturated heterocycles. The lowest BCUT2D eigenvalue weighted by atomic mass is 10.0. The van der Waals surface area contributed by atoms with Crippen LogP contribution in [0, 0.1) is 0 Å². The Morgan fingerprint density at radius 1 is 1.00 bits per heavy atom. The van der Waals surface area contributed by atoms with E-state index in [1.165, 1.54) is 0 Å². The number of aliphatic carboxylic acids is 1. The van der Waals surface area contributed by atoms with Gasteiger partial charge in [-0.25, -0.2) is 4.79 Å². The Bertz CT molecular complexity index is 634. The van der Waals surface area contributed by atoms with Crippen LogP contribution in [0.25, 0.3) is 11.6 Å². The molecule has 4 heteroatoms. The molecule has 0 aliphatic carbocycles. The molecule has 96 valence electrons. The Kier molecular flexibility index (Phi) is 4.56. The Morgan fingerprint density at radius 2 is 1.68 bits per heavy atom. The van der Waals surface area contributed by atoms with Crippen molar-refractivity contribution in [2.75, 3.05) is 0 Å². The van der Waals surface area contributed by atoms with E-state index in [4.69, 9.17) is 0 Å². The monoisotopic (exact) mass is 380 g/mol. The maximum Gasteiger partial charge on any atom is 0.336 e. The Hall–Kier alpha value is -1.39. The minimum Gasteiger partial charge on any atom is -0.478 e. The normalized spacial score (nSPS) is 11.4. The molecule has 1 N–H and O–H groups in total. The van der Waals surface area contributed by atoms with Crippen LogP contribution in [0.4, 0.5) is 0 Å². The molecule has 0 fully saturated rings. The van der Waals surface area contributed by atoms with E-state index >= 15 is 0 Å². The summed E-state index contributed by atoms with van der Waals surface area (Å²) in [6, 6.07) is 14.7. The van der Waals surface area contributed by atoms with Crippen LogP contribution in [0.3, 0.4) is 0 Å². The molecular weight excluding hydrogens is 372 g/mol. The second kappa shape index (κ2) is 6.17. The molecule has 0 amide bonds. The topological polar surface area (TPSA) is 37.3 Å². The van der Waals surface area contributed by atoms with Gasteiger partial charge in [0.05, 0.1) is 5.57 Å². The zero-order valence-corrected chi connectivity index (χ0v) is 13.0. The van der Waals surface area contributed by atoms with E-state index in [-0.39, 0.29) is 5.57 Å². The highest BCUT2D eigenvalue weighted by Gasteiger charge is 2.10. The molecule has 2 rings (SSSR count). The first-order chi connectivity index (χ1) is 9.08. The summed E-state index contributed by atoms with van der Waals surface area (Å²) in [7, 11) is 0. The number of hydrogen-bond donors (Lipinski definition) is 1. The van der Waals surface area contributed by atoms with Crippen LogP contribution in [-0.4, -0.2) is 11.1 Å². The highest BCUT2D eigenvalue weighted by Crippen LogP contribution is 2.26. The molecule has 0 bridgehead atoms. The molecule has 2 aromatic carbocycles. The van der Waals surface area contributed by atoms with E-state index in [2.05, 4.69) is 31.9 Å². The Balaban J connectivity index is 2.47. The van der Waals surface area contributed by atoms with Gasteiger partial charge >= 0.3 is 5.97 Å². The van der Waals surface area contributed by atoms with Crippen LogP contribution in [0.15, 0.2) is 57.5 Å². The lowest BCUT2D eigenvalue weighted by molar-refractivity contribution is -0.130. The maximum atomic E-state index is 11.4. The third-order valence-corrected chi connectivity index (χ3v) is 4.45. The van der Waals surface area contributed by atoms with Gasteiger partial charge in [-0.05, 0) is 61.2 Å². The third-order valence-electron chi connectivity index (χ3n) is 2.57. The summed E-state index contributed by atoms with van der Waals surface area (Å²) in [5.74, 6) is -0.940. The fourth-order valence-corrected chi connectivity index (χ4v) is 2.30. The molecule has 0 atom stereocenters. The van der Waals surface area contributed by atoms with Crippen molar-refractivity contribution >= 4 is 49.5 Å². The SMILES string of the molecule is O=C(O)/C(=C/c1ccc(Br)c(Br)c1)c1ccccc1. The largest absolute Gasteiger partial charge is 0.478 e. The fraction of sp³-hybridized carbons (Fsp3) is 0. The van der Waals surface area contributed by atoms with E-state index in [1.54, 1.807) is 18.2 Å². The molecule has 0 saturated carbocycles. The van der Waals surface area contributed by atoms with Crippen molar-refractivity contribution in [3.8, 4) is 0 Å². The molecule has 0 aromatic heterocycles. The predicted molar refractivity (Wildman–Crippen MR) is 83.8 cm³/mol. The van der Waals surface area contributed by atoms with Crippen LogP contribution >= 0.6 is 31.9 Å². The number of hydrogen-bond acceptors (Lipinski definition) is 1. The van der Waals surface area contributed by atoms with Gasteiger partial charge in [0.25, 0.3) is 0 Å². The zero-order chi connectivity index (χ0) is 13.8. The summed E-state index contributed by atoms with van der Waals surface area (Å²) in [6.45, 7) is 0. The van der Waals surface area contributed by atoms with Crippen LogP contribution in [0.2, 0.25) is 0 Å². The van der Waals surface area contributed by atoms with Gasteiger partial charge in [-0.15, -0.1) is 0 Å². The first kappa shape index (κ1) is 14.0. The smallest absolute Gasteiger partial charge is 0.336 e. The van der Waals surface area contributed by atoms with Crippen LogP contribution < -0.4 is 0 Å². The van der Waals surface area contributed by atoms with E-state index in [9.17, 15) is 9.90 Å². The van der Waals surface area contributed by atoms with Crippen molar-refractivity contribution in [3.05, 3.63) is 68.6 Å². The van der Waals surface area contributed by atoms with E-state index < -0.39 is 5.97 Å². The summed E-state index contributed by atoms with van der Waals surface area (Å²) < 4.78 is 1.82. The molecule has 0 heterocycles. The lowest BCUT2D eigenvalue weighted by Crippen LogP contribution is -1.99. The van der Waals surface area contributed by atoms with E-state index in [1.807, 2.05) is 36.4 Å². The third kappa shape index (κ3) is 3.55. The highest BCUT2D eigenvalue weighted by atomic mass is 79.9.